The predicted molar refractivity (Wildman–Crippen MR) is 115 cm³/mol. The Morgan fingerprint density at radius 3 is 2.77 bits per heavy atom. The van der Waals surface area contributed by atoms with Crippen LogP contribution in [0.15, 0.2) is 52.0 Å². The summed E-state index contributed by atoms with van der Waals surface area (Å²) in [5, 5.41) is 3.43. The monoisotopic (exact) mass is 445 g/mol. The number of sulfonamides is 1. The molecular formula is C21H23N3O4S2. The van der Waals surface area contributed by atoms with Crippen LogP contribution in [0.4, 0.5) is 5.13 Å². The Balaban J connectivity index is 1.44. The molecule has 2 heterocycles. The van der Waals surface area contributed by atoms with Gasteiger partial charge in [0, 0.05) is 17.5 Å². The molecule has 1 N–H and O–H groups in total. The first-order valence-corrected chi connectivity index (χ1v) is 12.0. The van der Waals surface area contributed by atoms with E-state index in [4.69, 9.17) is 4.42 Å². The molecule has 0 saturated heterocycles. The van der Waals surface area contributed by atoms with E-state index >= 15 is 0 Å². The third kappa shape index (κ3) is 4.33. The summed E-state index contributed by atoms with van der Waals surface area (Å²) in [5.41, 5.74) is 1.46. The van der Waals surface area contributed by atoms with Crippen molar-refractivity contribution < 1.29 is 17.6 Å². The van der Waals surface area contributed by atoms with Crippen molar-refractivity contribution >= 4 is 32.4 Å². The number of aromatic nitrogens is 1. The lowest BCUT2D eigenvalue weighted by Gasteiger charge is -2.16. The van der Waals surface area contributed by atoms with Crippen molar-refractivity contribution in [1.29, 1.82) is 0 Å². The molecule has 1 aliphatic rings. The molecule has 0 unspecified atom stereocenters. The number of nitrogens with one attached hydrogen (secondary N) is 1. The summed E-state index contributed by atoms with van der Waals surface area (Å²) in [4.78, 5) is 18.5. The van der Waals surface area contributed by atoms with Gasteiger partial charge in [0.25, 0.3) is 5.91 Å². The first-order chi connectivity index (χ1) is 14.3. The maximum atomic E-state index is 12.7. The van der Waals surface area contributed by atoms with Gasteiger partial charge in [0.1, 0.15) is 5.76 Å². The number of amides is 1. The van der Waals surface area contributed by atoms with Crippen molar-refractivity contribution in [2.75, 3.05) is 12.4 Å². The maximum absolute atomic E-state index is 12.7. The molecule has 0 aliphatic heterocycles. The lowest BCUT2D eigenvalue weighted by molar-refractivity contribution is 0.102. The van der Waals surface area contributed by atoms with E-state index < -0.39 is 10.0 Å². The second kappa shape index (κ2) is 8.33. The smallest absolute Gasteiger partial charge is 0.257 e. The Labute approximate surface area is 179 Å². The summed E-state index contributed by atoms with van der Waals surface area (Å²) in [5.74, 6) is 0.890. The van der Waals surface area contributed by atoms with Crippen LogP contribution in [0.25, 0.3) is 0 Å². The average molecular weight is 446 g/mol. The number of fused-ring (bicyclic) bond motifs is 1. The van der Waals surface area contributed by atoms with Crippen LogP contribution in [0.1, 0.15) is 40.0 Å². The average Bonchev–Trinajstić information content (AvgIpc) is 3.37. The van der Waals surface area contributed by atoms with E-state index in [2.05, 4.69) is 17.2 Å². The zero-order valence-corrected chi connectivity index (χ0v) is 18.4. The molecule has 158 valence electrons. The molecule has 4 rings (SSSR count). The van der Waals surface area contributed by atoms with Crippen molar-refractivity contribution in [1.82, 2.24) is 9.29 Å². The highest BCUT2D eigenvalue weighted by Gasteiger charge is 2.23. The second-order valence-electron chi connectivity index (χ2n) is 7.56. The van der Waals surface area contributed by atoms with E-state index in [1.54, 1.807) is 12.1 Å². The molecule has 0 saturated carbocycles. The second-order valence-corrected chi connectivity index (χ2v) is 10.7. The van der Waals surface area contributed by atoms with Crippen LogP contribution in [-0.2, 0) is 29.4 Å². The highest BCUT2D eigenvalue weighted by Crippen LogP contribution is 2.32. The van der Waals surface area contributed by atoms with Gasteiger partial charge in [-0.25, -0.2) is 13.4 Å². The number of carbonyl (C=O) groups excluding carboxylic acids is 1. The first-order valence-electron chi connectivity index (χ1n) is 9.71. The molecule has 3 aromatic rings. The summed E-state index contributed by atoms with van der Waals surface area (Å²) < 4.78 is 31.9. The lowest BCUT2D eigenvalue weighted by atomic mass is 9.93. The van der Waals surface area contributed by atoms with Gasteiger partial charge in [-0.1, -0.05) is 6.92 Å². The molecule has 1 aromatic carbocycles. The zero-order chi connectivity index (χ0) is 21.3. The third-order valence-electron chi connectivity index (χ3n) is 5.19. The minimum atomic E-state index is -3.69. The van der Waals surface area contributed by atoms with E-state index in [-0.39, 0.29) is 17.3 Å². The topological polar surface area (TPSA) is 92.5 Å². The fourth-order valence-electron chi connectivity index (χ4n) is 3.43. The SMILES string of the molecule is C[C@@H]1CCc2nc(NC(=O)c3ccc(S(=O)(=O)N(C)Cc4ccco4)cc3)sc2C1. The van der Waals surface area contributed by atoms with Crippen LogP contribution in [-0.4, -0.2) is 30.7 Å². The number of nitrogens with zero attached hydrogens (tertiary/aromatic N) is 2. The van der Waals surface area contributed by atoms with E-state index in [9.17, 15) is 13.2 Å². The molecule has 0 radical (unpaired) electrons. The minimum Gasteiger partial charge on any atom is -0.468 e. The van der Waals surface area contributed by atoms with Crippen molar-refractivity contribution in [3.63, 3.8) is 0 Å². The maximum Gasteiger partial charge on any atom is 0.257 e. The van der Waals surface area contributed by atoms with Gasteiger partial charge in [0.05, 0.1) is 23.4 Å². The van der Waals surface area contributed by atoms with Gasteiger partial charge in [-0.2, -0.15) is 4.31 Å². The Kier molecular flexibility index (Phi) is 5.77. The molecule has 30 heavy (non-hydrogen) atoms. The molecule has 1 amide bonds. The predicted octanol–water partition coefficient (Wildman–Crippen LogP) is 3.93. The van der Waals surface area contributed by atoms with Crippen molar-refractivity contribution in [3.8, 4) is 0 Å². The standard InChI is InChI=1S/C21H23N3O4S2/c1-14-5-10-18-19(12-14)29-21(22-18)23-20(25)15-6-8-17(9-7-15)30(26,27)24(2)13-16-4-3-11-28-16/h3-4,6-9,11,14H,5,10,12-13H2,1-2H3,(H,22,23,25)/t14-/m1/s1. The Morgan fingerprint density at radius 2 is 2.07 bits per heavy atom. The largest absolute Gasteiger partial charge is 0.468 e. The number of rotatable bonds is 6. The van der Waals surface area contributed by atoms with E-state index in [1.165, 1.54) is 58.1 Å². The molecule has 9 heteroatoms. The number of hydrogen-bond donors (Lipinski definition) is 1. The summed E-state index contributed by atoms with van der Waals surface area (Å²) in [7, 11) is -2.20. The van der Waals surface area contributed by atoms with Crippen LogP contribution in [0.5, 0.6) is 0 Å². The Bertz CT molecular complexity index is 1140. The molecule has 0 spiro atoms. The molecule has 1 atom stereocenters. The summed E-state index contributed by atoms with van der Waals surface area (Å²) in [6.45, 7) is 2.35. The van der Waals surface area contributed by atoms with Crippen LogP contribution < -0.4 is 5.32 Å². The fourth-order valence-corrected chi connectivity index (χ4v) is 5.73. The number of anilines is 1. The molecule has 0 fully saturated rings. The number of benzene rings is 1. The Morgan fingerprint density at radius 1 is 1.30 bits per heavy atom. The lowest BCUT2D eigenvalue weighted by Crippen LogP contribution is -2.26. The van der Waals surface area contributed by atoms with Crippen LogP contribution in [0, 0.1) is 5.92 Å². The normalized spacial score (nSPS) is 16.4. The zero-order valence-electron chi connectivity index (χ0n) is 16.8. The van der Waals surface area contributed by atoms with E-state index in [0.29, 0.717) is 22.4 Å². The number of hydrogen-bond acceptors (Lipinski definition) is 6. The number of aryl methyl sites for hydroxylation is 1. The third-order valence-corrected chi connectivity index (χ3v) is 8.04. The van der Waals surface area contributed by atoms with E-state index in [0.717, 1.165) is 25.0 Å². The highest BCUT2D eigenvalue weighted by molar-refractivity contribution is 7.89. The highest BCUT2D eigenvalue weighted by atomic mass is 32.2. The molecule has 0 bridgehead atoms. The first kappa shape index (κ1) is 20.8. The van der Waals surface area contributed by atoms with Gasteiger partial charge in [-0.3, -0.25) is 10.1 Å². The minimum absolute atomic E-state index is 0.117. The summed E-state index contributed by atoms with van der Waals surface area (Å²) in [6.07, 6.45) is 4.57. The van der Waals surface area contributed by atoms with Crippen molar-refractivity contribution in [2.24, 2.45) is 5.92 Å². The fraction of sp³-hybridized carbons (Fsp3) is 0.333. The number of thiazole rings is 1. The summed E-state index contributed by atoms with van der Waals surface area (Å²) >= 11 is 1.52. The van der Waals surface area contributed by atoms with E-state index in [1.807, 2.05) is 0 Å². The Hall–Kier alpha value is -2.49. The summed E-state index contributed by atoms with van der Waals surface area (Å²) in [6, 6.07) is 9.34. The van der Waals surface area contributed by atoms with Crippen LogP contribution in [0.2, 0.25) is 0 Å². The van der Waals surface area contributed by atoms with Gasteiger partial charge in [0.2, 0.25) is 10.0 Å². The molecule has 1 aliphatic carbocycles. The number of carbonyl (C=O) groups is 1. The molecular weight excluding hydrogens is 422 g/mol. The van der Waals surface area contributed by atoms with Gasteiger partial charge < -0.3 is 4.42 Å². The van der Waals surface area contributed by atoms with Gasteiger partial charge in [0.15, 0.2) is 5.13 Å². The van der Waals surface area contributed by atoms with Crippen molar-refractivity contribution in [2.45, 2.75) is 37.6 Å². The van der Waals surface area contributed by atoms with Gasteiger partial charge in [-0.05, 0) is 61.6 Å². The van der Waals surface area contributed by atoms with Crippen molar-refractivity contribution in [3.05, 3.63) is 64.6 Å². The van der Waals surface area contributed by atoms with Gasteiger partial charge >= 0.3 is 0 Å². The number of furan rings is 1. The van der Waals surface area contributed by atoms with Crippen LogP contribution in [0.3, 0.4) is 0 Å². The molecule has 7 nitrogen and oxygen atoms in total. The van der Waals surface area contributed by atoms with Gasteiger partial charge in [-0.15, -0.1) is 11.3 Å². The van der Waals surface area contributed by atoms with Crippen LogP contribution >= 0.6 is 11.3 Å². The molecule has 2 aromatic heterocycles. The quantitative estimate of drug-likeness (QED) is 0.621.